The first kappa shape index (κ1) is 13.4. The van der Waals surface area contributed by atoms with E-state index in [4.69, 9.17) is 4.74 Å². The molecule has 2 heterocycles. The number of nitrogens with zero attached hydrogens (tertiary/aromatic N) is 3. The van der Waals surface area contributed by atoms with Crippen LogP contribution in [0.15, 0.2) is 0 Å². The molecule has 0 aromatic carbocycles. The Kier molecular flexibility index (Phi) is 3.98. The van der Waals surface area contributed by atoms with E-state index in [0.29, 0.717) is 26.3 Å². The predicted molar refractivity (Wildman–Crippen MR) is 65.4 cm³/mol. The van der Waals surface area contributed by atoms with Crippen LogP contribution >= 0.6 is 0 Å². The lowest BCUT2D eigenvalue weighted by Crippen LogP contribution is -2.33. The Morgan fingerprint density at radius 3 is 3.06 bits per heavy atom. The summed E-state index contributed by atoms with van der Waals surface area (Å²) < 4.78 is 32.7. The number of fused-ring (bicyclic) bond motifs is 1. The molecule has 102 valence electrons. The summed E-state index contributed by atoms with van der Waals surface area (Å²) in [5.41, 5.74) is 1.83. The summed E-state index contributed by atoms with van der Waals surface area (Å²) in [5, 5.41) is 8.03. The Balaban J connectivity index is 2.00. The van der Waals surface area contributed by atoms with Crippen molar-refractivity contribution < 1.29 is 13.2 Å². The van der Waals surface area contributed by atoms with Gasteiger partial charge >= 0.3 is 0 Å². The van der Waals surface area contributed by atoms with E-state index >= 15 is 0 Å². The highest BCUT2D eigenvalue weighted by Crippen LogP contribution is 2.14. The normalized spacial score (nSPS) is 20.4. The number of rotatable bonds is 4. The fourth-order valence-electron chi connectivity index (χ4n) is 1.84. The molecule has 0 aliphatic carbocycles. The monoisotopic (exact) mass is 274 g/mol. The Morgan fingerprint density at radius 1 is 1.56 bits per heavy atom. The maximum atomic E-state index is 11.4. The fourth-order valence-corrected chi connectivity index (χ4v) is 2.53. The molecule has 1 aliphatic rings. The van der Waals surface area contributed by atoms with Crippen molar-refractivity contribution in [3.8, 4) is 0 Å². The molecule has 18 heavy (non-hydrogen) atoms. The number of sulfonamides is 1. The molecule has 0 saturated heterocycles. The summed E-state index contributed by atoms with van der Waals surface area (Å²) >= 11 is 0. The van der Waals surface area contributed by atoms with E-state index < -0.39 is 10.0 Å². The van der Waals surface area contributed by atoms with Gasteiger partial charge in [0.1, 0.15) is 0 Å². The van der Waals surface area contributed by atoms with Crippen molar-refractivity contribution in [3.63, 3.8) is 0 Å². The minimum atomic E-state index is -3.15. The van der Waals surface area contributed by atoms with E-state index in [-0.39, 0.29) is 11.7 Å². The van der Waals surface area contributed by atoms with Gasteiger partial charge in [0.05, 0.1) is 30.4 Å². The van der Waals surface area contributed by atoms with Crippen molar-refractivity contribution in [1.29, 1.82) is 0 Å². The summed E-state index contributed by atoms with van der Waals surface area (Å²) in [6, 6.07) is 0. The van der Waals surface area contributed by atoms with Gasteiger partial charge in [0.25, 0.3) is 0 Å². The van der Waals surface area contributed by atoms with Gasteiger partial charge < -0.3 is 4.74 Å². The van der Waals surface area contributed by atoms with Crippen molar-refractivity contribution in [3.05, 3.63) is 11.4 Å². The summed E-state index contributed by atoms with van der Waals surface area (Å²) in [5.74, 6) is 0.169. The molecule has 0 amide bonds. The van der Waals surface area contributed by atoms with E-state index in [0.717, 1.165) is 11.4 Å². The lowest BCUT2D eigenvalue weighted by atomic mass is 10.1. The first-order valence-electron chi connectivity index (χ1n) is 5.96. The molecule has 1 aromatic rings. The molecule has 2 rings (SSSR count). The summed E-state index contributed by atoms with van der Waals surface area (Å²) in [6.45, 7) is 5.51. The highest BCUT2D eigenvalue weighted by Gasteiger charge is 2.21. The van der Waals surface area contributed by atoms with Crippen LogP contribution in [-0.2, 0) is 27.9 Å². The molecule has 0 unspecified atom stereocenters. The maximum absolute atomic E-state index is 11.4. The largest absolute Gasteiger partial charge is 0.375 e. The highest BCUT2D eigenvalue weighted by atomic mass is 32.2. The zero-order valence-corrected chi connectivity index (χ0v) is 11.4. The second kappa shape index (κ2) is 5.33. The number of ether oxygens (including phenoxy) is 1. The van der Waals surface area contributed by atoms with E-state index in [2.05, 4.69) is 15.0 Å². The summed E-state index contributed by atoms with van der Waals surface area (Å²) in [4.78, 5) is 0. The van der Waals surface area contributed by atoms with Gasteiger partial charge in [-0.05, 0) is 13.8 Å². The van der Waals surface area contributed by atoms with Crippen LogP contribution in [-0.4, -0.2) is 42.3 Å². The summed E-state index contributed by atoms with van der Waals surface area (Å²) in [7, 11) is -3.15. The fraction of sp³-hybridized carbons (Fsp3) is 0.800. The SMILES string of the molecule is CCS(=O)(=O)NC[C@H]1COCc2c(C)nnn2C1. The van der Waals surface area contributed by atoms with Crippen LogP contribution in [0.4, 0.5) is 0 Å². The molecule has 1 aromatic heterocycles. The molecule has 1 N–H and O–H groups in total. The molecule has 1 aliphatic heterocycles. The van der Waals surface area contributed by atoms with Crippen molar-refractivity contribution in [2.45, 2.75) is 27.0 Å². The van der Waals surface area contributed by atoms with Gasteiger partial charge in [-0.2, -0.15) is 0 Å². The second-order valence-electron chi connectivity index (χ2n) is 4.44. The third kappa shape index (κ3) is 3.06. The zero-order chi connectivity index (χ0) is 13.2. The van der Waals surface area contributed by atoms with Gasteiger partial charge in [0, 0.05) is 19.0 Å². The smallest absolute Gasteiger partial charge is 0.211 e. The van der Waals surface area contributed by atoms with Gasteiger partial charge in [0.2, 0.25) is 10.0 Å². The molecule has 8 heteroatoms. The van der Waals surface area contributed by atoms with E-state index in [1.54, 1.807) is 11.6 Å². The number of aryl methyl sites for hydroxylation is 1. The van der Waals surface area contributed by atoms with E-state index in [9.17, 15) is 8.42 Å². The third-order valence-electron chi connectivity index (χ3n) is 3.03. The summed E-state index contributed by atoms with van der Waals surface area (Å²) in [6.07, 6.45) is 0. The number of hydrogen-bond acceptors (Lipinski definition) is 5. The van der Waals surface area contributed by atoms with E-state index in [1.807, 2.05) is 6.92 Å². The Hall–Kier alpha value is -0.990. The Labute approximate surface area is 107 Å². The van der Waals surface area contributed by atoms with Gasteiger partial charge in [-0.1, -0.05) is 5.21 Å². The molecule has 0 fully saturated rings. The van der Waals surface area contributed by atoms with Crippen LogP contribution in [0, 0.1) is 12.8 Å². The number of aromatic nitrogens is 3. The van der Waals surface area contributed by atoms with Crippen LogP contribution in [0.3, 0.4) is 0 Å². The van der Waals surface area contributed by atoms with Crippen molar-refractivity contribution in [1.82, 2.24) is 19.7 Å². The van der Waals surface area contributed by atoms with Gasteiger partial charge in [-0.25, -0.2) is 17.8 Å². The second-order valence-corrected chi connectivity index (χ2v) is 6.53. The van der Waals surface area contributed by atoms with E-state index in [1.165, 1.54) is 0 Å². The lowest BCUT2D eigenvalue weighted by molar-refractivity contribution is 0.0954. The molecule has 0 saturated carbocycles. The predicted octanol–water partition coefficient (Wildman–Crippen LogP) is -0.328. The minimum Gasteiger partial charge on any atom is -0.375 e. The van der Waals surface area contributed by atoms with Crippen LogP contribution < -0.4 is 4.72 Å². The Bertz CT molecular complexity index is 511. The number of hydrogen-bond donors (Lipinski definition) is 1. The topological polar surface area (TPSA) is 86.1 Å². The molecule has 0 spiro atoms. The molecule has 0 bridgehead atoms. The maximum Gasteiger partial charge on any atom is 0.211 e. The van der Waals surface area contributed by atoms with Gasteiger partial charge in [-0.15, -0.1) is 5.10 Å². The quantitative estimate of drug-likeness (QED) is 0.812. The average Bonchev–Trinajstić information content (AvgIpc) is 2.58. The average molecular weight is 274 g/mol. The van der Waals surface area contributed by atoms with Crippen LogP contribution in [0.1, 0.15) is 18.3 Å². The number of nitrogens with one attached hydrogen (secondary N) is 1. The molecule has 0 radical (unpaired) electrons. The van der Waals surface area contributed by atoms with Crippen molar-refractivity contribution in [2.24, 2.45) is 5.92 Å². The van der Waals surface area contributed by atoms with Crippen molar-refractivity contribution >= 4 is 10.0 Å². The van der Waals surface area contributed by atoms with Crippen LogP contribution in [0.25, 0.3) is 0 Å². The molecular formula is C10H18N4O3S. The molecule has 7 nitrogen and oxygen atoms in total. The molecular weight excluding hydrogens is 256 g/mol. The zero-order valence-electron chi connectivity index (χ0n) is 10.6. The van der Waals surface area contributed by atoms with Gasteiger partial charge in [0.15, 0.2) is 0 Å². The standard InChI is InChI=1S/C10H18N4O3S/c1-3-18(15,16)11-4-9-5-14-10(7-17-6-9)8(2)12-13-14/h9,11H,3-7H2,1-2H3/t9-/m1/s1. The Morgan fingerprint density at radius 2 is 2.33 bits per heavy atom. The molecule has 1 atom stereocenters. The third-order valence-corrected chi connectivity index (χ3v) is 4.39. The van der Waals surface area contributed by atoms with Crippen LogP contribution in [0.5, 0.6) is 0 Å². The first-order chi connectivity index (χ1) is 8.52. The van der Waals surface area contributed by atoms with Gasteiger partial charge in [-0.3, -0.25) is 0 Å². The first-order valence-corrected chi connectivity index (χ1v) is 7.61. The lowest BCUT2D eigenvalue weighted by Gasteiger charge is -2.14. The van der Waals surface area contributed by atoms with Crippen LogP contribution in [0.2, 0.25) is 0 Å². The highest BCUT2D eigenvalue weighted by molar-refractivity contribution is 7.89. The minimum absolute atomic E-state index is 0.0775. The van der Waals surface area contributed by atoms with Crippen molar-refractivity contribution in [2.75, 3.05) is 18.9 Å².